The molecule has 0 radical (unpaired) electrons. The Kier molecular flexibility index (Phi) is 6.78. The van der Waals surface area contributed by atoms with E-state index in [1.807, 2.05) is 49.4 Å². The summed E-state index contributed by atoms with van der Waals surface area (Å²) in [4.78, 5) is 28.2. The number of Topliss-reactive ketones (excluding diaryl/α,β-unsaturated/α-hetero) is 2. The monoisotopic (exact) mass is 407 g/mol. The van der Waals surface area contributed by atoms with E-state index in [2.05, 4.69) is 4.98 Å². The third-order valence-corrected chi connectivity index (χ3v) is 4.95. The van der Waals surface area contributed by atoms with E-state index in [0.29, 0.717) is 41.5 Å². The van der Waals surface area contributed by atoms with Gasteiger partial charge in [-0.3, -0.25) is 14.6 Å². The minimum absolute atomic E-state index is 0.0276. The van der Waals surface area contributed by atoms with Gasteiger partial charge >= 0.3 is 0 Å². The molecule has 0 bridgehead atoms. The van der Waals surface area contributed by atoms with Gasteiger partial charge in [0.05, 0.1) is 0 Å². The van der Waals surface area contributed by atoms with Crippen LogP contribution in [0.4, 0.5) is 0 Å². The van der Waals surface area contributed by atoms with Crippen LogP contribution in [-0.4, -0.2) is 16.6 Å². The molecule has 3 rings (SSSR count). The molecule has 0 fully saturated rings. The minimum atomic E-state index is -0.0276. The average Bonchev–Trinajstić information content (AvgIpc) is 2.72. The molecule has 0 saturated carbocycles. The Balaban J connectivity index is 1.60. The smallest absolute Gasteiger partial charge is 0.181 e. The quantitative estimate of drug-likeness (QED) is 0.444. The Morgan fingerprint density at radius 3 is 2.31 bits per heavy atom. The topological polar surface area (TPSA) is 56.3 Å². The Labute approximate surface area is 175 Å². The van der Waals surface area contributed by atoms with Crippen LogP contribution in [0, 0.1) is 6.92 Å². The third kappa shape index (κ3) is 5.75. The number of hydrogen-bond acceptors (Lipinski definition) is 4. The van der Waals surface area contributed by atoms with Crippen molar-refractivity contribution < 1.29 is 14.3 Å². The van der Waals surface area contributed by atoms with Crippen LogP contribution in [0.25, 0.3) is 0 Å². The second-order valence-electron chi connectivity index (χ2n) is 6.88. The van der Waals surface area contributed by atoms with Crippen molar-refractivity contribution in [3.63, 3.8) is 0 Å². The zero-order valence-corrected chi connectivity index (χ0v) is 17.2. The van der Waals surface area contributed by atoms with Gasteiger partial charge in [0.15, 0.2) is 5.78 Å². The highest BCUT2D eigenvalue weighted by atomic mass is 35.5. The molecule has 1 aromatic heterocycles. The average molecular weight is 408 g/mol. The number of halogens is 1. The minimum Gasteiger partial charge on any atom is -0.457 e. The molecule has 0 atom stereocenters. The molecule has 0 saturated heterocycles. The maximum absolute atomic E-state index is 12.4. The van der Waals surface area contributed by atoms with Crippen LogP contribution < -0.4 is 4.74 Å². The van der Waals surface area contributed by atoms with Crippen molar-refractivity contribution in [2.24, 2.45) is 0 Å². The first-order valence-corrected chi connectivity index (χ1v) is 9.85. The van der Waals surface area contributed by atoms with E-state index in [0.717, 1.165) is 16.7 Å². The highest BCUT2D eigenvalue weighted by Crippen LogP contribution is 2.23. The molecule has 4 nitrogen and oxygen atoms in total. The third-order valence-electron chi connectivity index (χ3n) is 4.52. The lowest BCUT2D eigenvalue weighted by Gasteiger charge is -2.08. The lowest BCUT2D eigenvalue weighted by molar-refractivity contribution is -0.117. The molecular formula is C24H22ClNO3. The molecule has 148 valence electrons. The summed E-state index contributed by atoms with van der Waals surface area (Å²) < 4.78 is 5.80. The van der Waals surface area contributed by atoms with Gasteiger partial charge in [-0.15, -0.1) is 0 Å². The van der Waals surface area contributed by atoms with Crippen molar-refractivity contribution in [3.8, 4) is 11.5 Å². The number of ether oxygens (including phenoxy) is 1. The number of carbonyl (C=O) groups excluding carboxylic acids is 2. The van der Waals surface area contributed by atoms with E-state index < -0.39 is 0 Å². The summed E-state index contributed by atoms with van der Waals surface area (Å²) in [6.45, 7) is 3.73. The first kappa shape index (κ1) is 20.7. The van der Waals surface area contributed by atoms with Crippen LogP contribution in [-0.2, 0) is 17.6 Å². The Morgan fingerprint density at radius 1 is 0.931 bits per heavy atom. The van der Waals surface area contributed by atoms with Gasteiger partial charge in [0, 0.05) is 36.5 Å². The summed E-state index contributed by atoms with van der Waals surface area (Å²) in [5.74, 6) is 1.30. The molecule has 0 aliphatic carbocycles. The van der Waals surface area contributed by atoms with Gasteiger partial charge in [-0.05, 0) is 47.9 Å². The van der Waals surface area contributed by atoms with Gasteiger partial charge in [0.25, 0.3) is 0 Å². The van der Waals surface area contributed by atoms with Crippen LogP contribution in [0.2, 0.25) is 5.02 Å². The first-order valence-electron chi connectivity index (χ1n) is 9.47. The number of aromatic nitrogens is 1. The molecule has 0 spiro atoms. The highest BCUT2D eigenvalue weighted by Gasteiger charge is 2.09. The summed E-state index contributed by atoms with van der Waals surface area (Å²) in [5.41, 5.74) is 3.25. The van der Waals surface area contributed by atoms with Crippen LogP contribution in [0.15, 0.2) is 60.8 Å². The Hall–Kier alpha value is -2.98. The fourth-order valence-corrected chi connectivity index (χ4v) is 3.07. The Morgan fingerprint density at radius 2 is 1.62 bits per heavy atom. The number of carbonyl (C=O) groups is 2. The molecule has 1 heterocycles. The number of ketones is 2. The standard InChI is InChI=1S/C24H22ClNO3/c1-3-24(28)23-15-21(10-11-26-23)29-20-7-4-17(5-8-20)13-19(27)14-18-6-9-22(25)16(2)12-18/h4-12,15H,3,13-14H2,1-2H3. The molecule has 0 unspecified atom stereocenters. The summed E-state index contributed by atoms with van der Waals surface area (Å²) in [6, 6.07) is 16.4. The van der Waals surface area contributed by atoms with E-state index in [4.69, 9.17) is 16.3 Å². The van der Waals surface area contributed by atoms with Crippen molar-refractivity contribution in [2.75, 3.05) is 0 Å². The van der Waals surface area contributed by atoms with Gasteiger partial charge < -0.3 is 4.74 Å². The van der Waals surface area contributed by atoms with Gasteiger partial charge in [0.2, 0.25) is 0 Å². The predicted molar refractivity (Wildman–Crippen MR) is 114 cm³/mol. The molecule has 0 amide bonds. The maximum Gasteiger partial charge on any atom is 0.181 e. The summed E-state index contributed by atoms with van der Waals surface area (Å²) in [7, 11) is 0. The molecule has 0 N–H and O–H groups in total. The second-order valence-corrected chi connectivity index (χ2v) is 7.28. The normalized spacial score (nSPS) is 10.6. The number of nitrogens with zero attached hydrogens (tertiary/aromatic N) is 1. The summed E-state index contributed by atoms with van der Waals surface area (Å²) in [6.07, 6.45) is 2.69. The first-order chi connectivity index (χ1) is 13.9. The molecule has 0 aliphatic heterocycles. The zero-order chi connectivity index (χ0) is 20.8. The van der Waals surface area contributed by atoms with Gasteiger partial charge in [-0.1, -0.05) is 42.8 Å². The largest absolute Gasteiger partial charge is 0.457 e. The van der Waals surface area contributed by atoms with E-state index in [1.54, 1.807) is 25.3 Å². The van der Waals surface area contributed by atoms with Crippen molar-refractivity contribution in [1.82, 2.24) is 4.98 Å². The van der Waals surface area contributed by atoms with Crippen molar-refractivity contribution in [1.29, 1.82) is 0 Å². The SMILES string of the molecule is CCC(=O)c1cc(Oc2ccc(CC(=O)Cc3ccc(Cl)c(C)c3)cc2)ccn1. The number of pyridine rings is 1. The number of aryl methyl sites for hydroxylation is 1. The van der Waals surface area contributed by atoms with Gasteiger partial charge in [-0.2, -0.15) is 0 Å². The fraction of sp³-hybridized carbons (Fsp3) is 0.208. The van der Waals surface area contributed by atoms with Crippen molar-refractivity contribution in [2.45, 2.75) is 33.1 Å². The lowest BCUT2D eigenvalue weighted by atomic mass is 10.0. The van der Waals surface area contributed by atoms with Crippen LogP contribution in [0.5, 0.6) is 11.5 Å². The molecule has 5 heteroatoms. The predicted octanol–water partition coefficient (Wildman–Crippen LogP) is 5.78. The Bertz CT molecular complexity index is 1030. The number of hydrogen-bond donors (Lipinski definition) is 0. The highest BCUT2D eigenvalue weighted by molar-refractivity contribution is 6.31. The van der Waals surface area contributed by atoms with Crippen molar-refractivity contribution in [3.05, 3.63) is 88.2 Å². The lowest BCUT2D eigenvalue weighted by Crippen LogP contribution is -2.06. The second kappa shape index (κ2) is 9.48. The molecular weight excluding hydrogens is 386 g/mol. The fourth-order valence-electron chi connectivity index (χ4n) is 2.95. The number of rotatable bonds is 8. The van der Waals surface area contributed by atoms with Gasteiger partial charge in [0.1, 0.15) is 23.0 Å². The van der Waals surface area contributed by atoms with E-state index >= 15 is 0 Å². The van der Waals surface area contributed by atoms with Crippen molar-refractivity contribution >= 4 is 23.2 Å². The zero-order valence-electron chi connectivity index (χ0n) is 16.4. The van der Waals surface area contributed by atoms with E-state index in [9.17, 15) is 9.59 Å². The molecule has 0 aliphatic rings. The summed E-state index contributed by atoms with van der Waals surface area (Å²) in [5, 5.41) is 0.706. The van der Waals surface area contributed by atoms with Crippen LogP contribution >= 0.6 is 11.6 Å². The molecule has 3 aromatic rings. The number of benzene rings is 2. The van der Waals surface area contributed by atoms with Crippen LogP contribution in [0.1, 0.15) is 40.5 Å². The maximum atomic E-state index is 12.4. The molecule has 2 aromatic carbocycles. The van der Waals surface area contributed by atoms with E-state index in [-0.39, 0.29) is 11.6 Å². The van der Waals surface area contributed by atoms with Gasteiger partial charge in [-0.25, -0.2) is 0 Å². The van der Waals surface area contributed by atoms with Crippen LogP contribution in [0.3, 0.4) is 0 Å². The molecule has 29 heavy (non-hydrogen) atoms. The summed E-state index contributed by atoms with van der Waals surface area (Å²) >= 11 is 6.03. The van der Waals surface area contributed by atoms with E-state index in [1.165, 1.54) is 0 Å².